The van der Waals surface area contributed by atoms with E-state index in [9.17, 15) is 9.59 Å². The fourth-order valence-corrected chi connectivity index (χ4v) is 2.84. The average Bonchev–Trinajstić information content (AvgIpc) is 2.63. The Morgan fingerprint density at radius 3 is 2.56 bits per heavy atom. The van der Waals surface area contributed by atoms with E-state index in [1.165, 1.54) is 12.4 Å². The lowest BCUT2D eigenvalue weighted by Gasteiger charge is -2.35. The molecule has 25 heavy (non-hydrogen) atoms. The number of hydrogen-bond donors (Lipinski definition) is 1. The Kier molecular flexibility index (Phi) is 4.92. The van der Waals surface area contributed by atoms with E-state index in [0.29, 0.717) is 31.1 Å². The van der Waals surface area contributed by atoms with Crippen molar-refractivity contribution in [3.63, 3.8) is 0 Å². The van der Waals surface area contributed by atoms with Gasteiger partial charge in [0.15, 0.2) is 0 Å². The Labute approximate surface area is 146 Å². The number of hydrogen-bond acceptors (Lipinski definition) is 5. The first-order valence-corrected chi connectivity index (χ1v) is 8.31. The fourth-order valence-electron chi connectivity index (χ4n) is 2.84. The first-order chi connectivity index (χ1) is 12.1. The Bertz CT molecular complexity index is 775. The third-order valence-corrected chi connectivity index (χ3v) is 4.15. The number of amides is 2. The van der Waals surface area contributed by atoms with Crippen molar-refractivity contribution in [3.8, 4) is 0 Å². The van der Waals surface area contributed by atoms with Crippen molar-refractivity contribution >= 4 is 23.5 Å². The molecule has 1 saturated heterocycles. The molecule has 0 spiro atoms. The largest absolute Gasteiger partial charge is 0.355 e. The molecule has 0 saturated carbocycles. The van der Waals surface area contributed by atoms with E-state index in [4.69, 9.17) is 0 Å². The molecule has 0 unspecified atom stereocenters. The smallest absolute Gasteiger partial charge is 0.257 e. The number of nitrogens with one attached hydrogen (secondary N) is 1. The number of nitrogens with zero attached hydrogens (tertiary/aromatic N) is 4. The van der Waals surface area contributed by atoms with E-state index >= 15 is 0 Å². The first-order valence-electron chi connectivity index (χ1n) is 8.31. The Hall–Kier alpha value is -2.96. The molecule has 0 bridgehead atoms. The Morgan fingerprint density at radius 1 is 1.20 bits per heavy atom. The number of aromatic nitrogens is 2. The highest BCUT2D eigenvalue weighted by Gasteiger charge is 2.29. The summed E-state index contributed by atoms with van der Waals surface area (Å²) in [5, 5.41) is 2.98. The number of benzene rings is 1. The molecule has 2 heterocycles. The summed E-state index contributed by atoms with van der Waals surface area (Å²) in [6, 6.07) is 7.76. The summed E-state index contributed by atoms with van der Waals surface area (Å²) in [6.07, 6.45) is 2.98. The molecule has 0 radical (unpaired) electrons. The summed E-state index contributed by atoms with van der Waals surface area (Å²) >= 11 is 0. The van der Waals surface area contributed by atoms with Crippen molar-refractivity contribution in [2.45, 2.75) is 13.8 Å². The van der Waals surface area contributed by atoms with Crippen LogP contribution in [0.25, 0.3) is 0 Å². The molecule has 1 aromatic carbocycles. The van der Waals surface area contributed by atoms with Gasteiger partial charge in [-0.15, -0.1) is 0 Å². The number of rotatable bonds is 4. The normalized spacial score (nSPS) is 14.6. The van der Waals surface area contributed by atoms with Crippen molar-refractivity contribution in [1.82, 2.24) is 14.9 Å². The average molecular weight is 339 g/mol. The van der Waals surface area contributed by atoms with Gasteiger partial charge in [-0.3, -0.25) is 9.59 Å². The standard InChI is InChI=1S/C18H21N5O2/c1-3-19-18-20-10-14(11-21-18)17(25)22-8-9-23(16(24)12-22)15-7-5-4-6-13(15)2/h4-7,10-11H,3,8-9,12H2,1-2H3,(H,19,20,21). The predicted molar refractivity (Wildman–Crippen MR) is 95.6 cm³/mol. The van der Waals surface area contributed by atoms with E-state index in [-0.39, 0.29) is 18.4 Å². The van der Waals surface area contributed by atoms with Gasteiger partial charge in [0.2, 0.25) is 11.9 Å². The van der Waals surface area contributed by atoms with Gasteiger partial charge in [-0.05, 0) is 25.5 Å². The molecule has 0 atom stereocenters. The van der Waals surface area contributed by atoms with Gasteiger partial charge in [0.05, 0.1) is 5.56 Å². The quantitative estimate of drug-likeness (QED) is 0.917. The van der Waals surface area contributed by atoms with E-state index in [2.05, 4.69) is 15.3 Å². The molecular weight excluding hydrogens is 318 g/mol. The Balaban J connectivity index is 1.69. The molecule has 2 aromatic rings. The zero-order chi connectivity index (χ0) is 17.8. The molecule has 0 aliphatic carbocycles. The molecule has 1 fully saturated rings. The number of para-hydroxylation sites is 1. The van der Waals surface area contributed by atoms with Crippen LogP contribution in [0.15, 0.2) is 36.7 Å². The van der Waals surface area contributed by atoms with Crippen LogP contribution in [0.2, 0.25) is 0 Å². The Morgan fingerprint density at radius 2 is 1.92 bits per heavy atom. The van der Waals surface area contributed by atoms with Crippen LogP contribution in [0.5, 0.6) is 0 Å². The van der Waals surface area contributed by atoms with Gasteiger partial charge in [-0.25, -0.2) is 9.97 Å². The molecular formula is C18H21N5O2. The van der Waals surface area contributed by atoms with E-state index in [0.717, 1.165) is 11.3 Å². The number of carbonyl (C=O) groups is 2. The lowest BCUT2D eigenvalue weighted by Crippen LogP contribution is -2.52. The number of anilines is 2. The lowest BCUT2D eigenvalue weighted by atomic mass is 10.1. The highest BCUT2D eigenvalue weighted by molar-refractivity contribution is 6.01. The first kappa shape index (κ1) is 16.9. The summed E-state index contributed by atoms with van der Waals surface area (Å²) in [5.41, 5.74) is 2.33. The molecule has 7 nitrogen and oxygen atoms in total. The van der Waals surface area contributed by atoms with E-state index in [1.54, 1.807) is 9.80 Å². The number of piperazine rings is 1. The summed E-state index contributed by atoms with van der Waals surface area (Å²) in [6.45, 7) is 5.65. The zero-order valence-corrected chi connectivity index (χ0v) is 14.4. The van der Waals surface area contributed by atoms with Crippen LogP contribution < -0.4 is 10.2 Å². The monoisotopic (exact) mass is 339 g/mol. The van der Waals surface area contributed by atoms with Crippen molar-refractivity contribution < 1.29 is 9.59 Å². The van der Waals surface area contributed by atoms with E-state index in [1.807, 2.05) is 38.1 Å². The maximum Gasteiger partial charge on any atom is 0.257 e. The number of aryl methyl sites for hydroxylation is 1. The molecule has 1 aromatic heterocycles. The van der Waals surface area contributed by atoms with Gasteiger partial charge in [0.1, 0.15) is 6.54 Å². The van der Waals surface area contributed by atoms with Gasteiger partial charge in [-0.1, -0.05) is 18.2 Å². The van der Waals surface area contributed by atoms with Crippen LogP contribution in [0.1, 0.15) is 22.8 Å². The summed E-state index contributed by atoms with van der Waals surface area (Å²) in [4.78, 5) is 36.6. The zero-order valence-electron chi connectivity index (χ0n) is 14.4. The SMILES string of the molecule is CCNc1ncc(C(=O)N2CCN(c3ccccc3C)C(=O)C2)cn1. The van der Waals surface area contributed by atoms with Crippen molar-refractivity contribution in [1.29, 1.82) is 0 Å². The van der Waals surface area contributed by atoms with Crippen LogP contribution in [0.4, 0.5) is 11.6 Å². The third-order valence-electron chi connectivity index (χ3n) is 4.15. The second kappa shape index (κ2) is 7.29. The highest BCUT2D eigenvalue weighted by Crippen LogP contribution is 2.22. The molecule has 7 heteroatoms. The number of carbonyl (C=O) groups excluding carboxylic acids is 2. The molecule has 1 aliphatic rings. The van der Waals surface area contributed by atoms with Crippen LogP contribution in [-0.4, -0.2) is 52.9 Å². The van der Waals surface area contributed by atoms with Gasteiger partial charge in [0, 0.05) is 37.7 Å². The second-order valence-electron chi connectivity index (χ2n) is 5.88. The van der Waals surface area contributed by atoms with Crippen LogP contribution in [-0.2, 0) is 4.79 Å². The van der Waals surface area contributed by atoms with Crippen LogP contribution >= 0.6 is 0 Å². The topological polar surface area (TPSA) is 78.4 Å². The summed E-state index contributed by atoms with van der Waals surface area (Å²) in [5.74, 6) is 0.180. The third kappa shape index (κ3) is 3.60. The summed E-state index contributed by atoms with van der Waals surface area (Å²) in [7, 11) is 0. The predicted octanol–water partition coefficient (Wildman–Crippen LogP) is 1.71. The van der Waals surface area contributed by atoms with Crippen LogP contribution in [0, 0.1) is 6.92 Å². The molecule has 130 valence electrons. The molecule has 1 N–H and O–H groups in total. The minimum Gasteiger partial charge on any atom is -0.355 e. The molecule has 1 aliphatic heterocycles. The fraction of sp³-hybridized carbons (Fsp3) is 0.333. The molecule has 2 amide bonds. The minimum absolute atomic E-state index is 0.0577. The maximum absolute atomic E-state index is 12.6. The van der Waals surface area contributed by atoms with Gasteiger partial charge in [0.25, 0.3) is 5.91 Å². The van der Waals surface area contributed by atoms with Gasteiger partial charge < -0.3 is 15.1 Å². The van der Waals surface area contributed by atoms with Crippen molar-refractivity contribution in [3.05, 3.63) is 47.8 Å². The van der Waals surface area contributed by atoms with E-state index < -0.39 is 0 Å². The van der Waals surface area contributed by atoms with Crippen molar-refractivity contribution in [2.75, 3.05) is 36.4 Å². The van der Waals surface area contributed by atoms with Crippen molar-refractivity contribution in [2.24, 2.45) is 0 Å². The van der Waals surface area contributed by atoms with Crippen LogP contribution in [0.3, 0.4) is 0 Å². The highest BCUT2D eigenvalue weighted by atomic mass is 16.2. The summed E-state index contributed by atoms with van der Waals surface area (Å²) < 4.78 is 0. The second-order valence-corrected chi connectivity index (χ2v) is 5.88. The maximum atomic E-state index is 12.6. The molecule has 3 rings (SSSR count). The van der Waals surface area contributed by atoms with Gasteiger partial charge >= 0.3 is 0 Å². The minimum atomic E-state index is -0.221. The lowest BCUT2D eigenvalue weighted by molar-refractivity contribution is -0.120. The van der Waals surface area contributed by atoms with Gasteiger partial charge in [-0.2, -0.15) is 0 Å².